The van der Waals surface area contributed by atoms with E-state index in [9.17, 15) is 5.11 Å². The second-order valence-corrected chi connectivity index (χ2v) is 6.06. The second-order valence-electron chi connectivity index (χ2n) is 6.06. The Morgan fingerprint density at radius 2 is 1.68 bits per heavy atom. The Labute approximate surface area is 133 Å². The first-order chi connectivity index (χ1) is 10.5. The lowest BCUT2D eigenvalue weighted by atomic mass is 9.91. The van der Waals surface area contributed by atoms with Crippen molar-refractivity contribution in [2.24, 2.45) is 0 Å². The van der Waals surface area contributed by atoms with Crippen LogP contribution < -0.4 is 10.1 Å². The third-order valence-electron chi connectivity index (χ3n) is 3.95. The third-order valence-corrected chi connectivity index (χ3v) is 3.95. The van der Waals surface area contributed by atoms with E-state index in [1.807, 2.05) is 56.3 Å². The number of hydrogen-bond acceptors (Lipinski definition) is 3. The Bertz CT molecular complexity index is 564. The van der Waals surface area contributed by atoms with Crippen LogP contribution in [0.3, 0.4) is 0 Å². The highest BCUT2D eigenvalue weighted by molar-refractivity contribution is 5.27. The zero-order valence-corrected chi connectivity index (χ0v) is 13.5. The Morgan fingerprint density at radius 3 is 2.27 bits per heavy atom. The van der Waals surface area contributed by atoms with Crippen LogP contribution in [0.25, 0.3) is 0 Å². The predicted molar refractivity (Wildman–Crippen MR) is 90.2 cm³/mol. The summed E-state index contributed by atoms with van der Waals surface area (Å²) in [5.74, 6) is 0.872. The molecule has 2 N–H and O–H groups in total. The first-order valence-electron chi connectivity index (χ1n) is 7.64. The number of benzene rings is 2. The first kappa shape index (κ1) is 16.5. The maximum atomic E-state index is 10.5. The second kappa shape index (κ2) is 7.43. The van der Waals surface area contributed by atoms with Gasteiger partial charge in [0.15, 0.2) is 0 Å². The van der Waals surface area contributed by atoms with Crippen LogP contribution in [0.1, 0.15) is 31.1 Å². The van der Waals surface area contributed by atoms with Crippen molar-refractivity contribution in [3.63, 3.8) is 0 Å². The van der Waals surface area contributed by atoms with Crippen LogP contribution in [0.4, 0.5) is 0 Å². The van der Waals surface area contributed by atoms with Crippen molar-refractivity contribution in [2.75, 3.05) is 13.7 Å². The number of methoxy groups -OCH3 is 1. The highest BCUT2D eigenvalue weighted by Gasteiger charge is 2.28. The lowest BCUT2D eigenvalue weighted by Crippen LogP contribution is -2.45. The summed E-state index contributed by atoms with van der Waals surface area (Å²) in [6, 6.07) is 17.9. The van der Waals surface area contributed by atoms with Crippen molar-refractivity contribution in [1.29, 1.82) is 0 Å². The summed E-state index contributed by atoms with van der Waals surface area (Å²) in [7, 11) is 1.67. The van der Waals surface area contributed by atoms with Gasteiger partial charge in [-0.15, -0.1) is 0 Å². The van der Waals surface area contributed by atoms with Gasteiger partial charge in [-0.2, -0.15) is 0 Å². The molecule has 0 saturated heterocycles. The molecule has 1 unspecified atom stereocenters. The van der Waals surface area contributed by atoms with Gasteiger partial charge in [0, 0.05) is 5.54 Å². The fraction of sp³-hybridized carbons (Fsp3) is 0.368. The lowest BCUT2D eigenvalue weighted by molar-refractivity contribution is 0.0807. The predicted octanol–water partition coefficient (Wildman–Crippen LogP) is 3.34. The molecule has 1 atom stereocenters. The van der Waals surface area contributed by atoms with Crippen LogP contribution in [0.5, 0.6) is 5.75 Å². The molecule has 0 fully saturated rings. The van der Waals surface area contributed by atoms with E-state index in [-0.39, 0.29) is 5.54 Å². The summed E-state index contributed by atoms with van der Waals surface area (Å²) >= 11 is 0. The van der Waals surface area contributed by atoms with Crippen LogP contribution in [-0.2, 0) is 6.42 Å². The molecule has 0 aromatic heterocycles. The van der Waals surface area contributed by atoms with Gasteiger partial charge in [0.05, 0.1) is 13.2 Å². The van der Waals surface area contributed by atoms with E-state index in [0.717, 1.165) is 24.3 Å². The minimum atomic E-state index is -0.537. The van der Waals surface area contributed by atoms with E-state index in [1.165, 1.54) is 5.56 Å². The van der Waals surface area contributed by atoms with Gasteiger partial charge in [-0.25, -0.2) is 0 Å². The first-order valence-corrected chi connectivity index (χ1v) is 7.64. The summed E-state index contributed by atoms with van der Waals surface area (Å²) < 4.78 is 5.16. The number of rotatable bonds is 7. The van der Waals surface area contributed by atoms with Gasteiger partial charge in [-0.3, -0.25) is 0 Å². The largest absolute Gasteiger partial charge is 0.497 e. The van der Waals surface area contributed by atoms with Crippen molar-refractivity contribution in [3.05, 3.63) is 65.7 Å². The van der Waals surface area contributed by atoms with Crippen molar-refractivity contribution >= 4 is 0 Å². The maximum absolute atomic E-state index is 10.5. The molecule has 2 aromatic carbocycles. The number of ether oxygens (including phenoxy) is 1. The van der Waals surface area contributed by atoms with Crippen LogP contribution in [0, 0.1) is 0 Å². The van der Waals surface area contributed by atoms with Crippen LogP contribution >= 0.6 is 0 Å². The molecule has 118 valence electrons. The van der Waals surface area contributed by atoms with Crippen molar-refractivity contribution < 1.29 is 9.84 Å². The zero-order chi connectivity index (χ0) is 16.0. The average molecular weight is 299 g/mol. The van der Waals surface area contributed by atoms with Gasteiger partial charge in [0.25, 0.3) is 0 Å². The van der Waals surface area contributed by atoms with Crippen molar-refractivity contribution in [2.45, 2.75) is 31.9 Å². The third kappa shape index (κ3) is 4.33. The lowest BCUT2D eigenvalue weighted by Gasteiger charge is -2.32. The molecule has 0 saturated carbocycles. The van der Waals surface area contributed by atoms with E-state index >= 15 is 0 Å². The maximum Gasteiger partial charge on any atom is 0.118 e. The normalized spacial score (nSPS) is 12.9. The molecule has 0 radical (unpaired) electrons. The van der Waals surface area contributed by atoms with Crippen molar-refractivity contribution in [3.8, 4) is 5.75 Å². The van der Waals surface area contributed by atoms with E-state index in [0.29, 0.717) is 0 Å². The smallest absolute Gasteiger partial charge is 0.118 e. The van der Waals surface area contributed by atoms with Gasteiger partial charge < -0.3 is 15.2 Å². The topological polar surface area (TPSA) is 41.5 Å². The van der Waals surface area contributed by atoms with Crippen LogP contribution in [0.2, 0.25) is 0 Å². The Kier molecular flexibility index (Phi) is 5.58. The van der Waals surface area contributed by atoms with Crippen LogP contribution in [-0.4, -0.2) is 24.3 Å². The number of aliphatic hydroxyl groups excluding tert-OH is 1. The highest BCUT2D eigenvalue weighted by Crippen LogP contribution is 2.25. The molecule has 3 heteroatoms. The summed E-state index contributed by atoms with van der Waals surface area (Å²) in [6.07, 6.45) is 0.374. The molecule has 3 nitrogen and oxygen atoms in total. The molecule has 0 spiro atoms. The average Bonchev–Trinajstić information content (AvgIpc) is 2.55. The van der Waals surface area contributed by atoms with Gasteiger partial charge in [-0.1, -0.05) is 42.5 Å². The molecule has 0 aliphatic carbocycles. The Morgan fingerprint density at radius 1 is 1.05 bits per heavy atom. The SMILES string of the molecule is COc1ccc(CCNC(C)(C)C(O)c2ccccc2)cc1. The molecule has 2 aromatic rings. The summed E-state index contributed by atoms with van der Waals surface area (Å²) in [5, 5.41) is 14.0. The summed E-state index contributed by atoms with van der Waals surface area (Å²) in [4.78, 5) is 0. The Balaban J connectivity index is 1.89. The van der Waals surface area contributed by atoms with Gasteiger partial charge in [-0.05, 0) is 50.1 Å². The van der Waals surface area contributed by atoms with Gasteiger partial charge >= 0.3 is 0 Å². The molecule has 0 amide bonds. The van der Waals surface area contributed by atoms with Gasteiger partial charge in [0.2, 0.25) is 0 Å². The summed E-state index contributed by atoms with van der Waals surface area (Å²) in [6.45, 7) is 4.86. The number of nitrogens with one attached hydrogen (secondary N) is 1. The molecule has 0 bridgehead atoms. The zero-order valence-electron chi connectivity index (χ0n) is 13.5. The van der Waals surface area contributed by atoms with Gasteiger partial charge in [0.1, 0.15) is 5.75 Å². The quantitative estimate of drug-likeness (QED) is 0.824. The standard InChI is InChI=1S/C19H25NO2/c1-19(2,18(21)16-7-5-4-6-8-16)20-14-13-15-9-11-17(22-3)12-10-15/h4-12,18,20-21H,13-14H2,1-3H3. The monoisotopic (exact) mass is 299 g/mol. The molecule has 22 heavy (non-hydrogen) atoms. The molecular formula is C19H25NO2. The van der Waals surface area contributed by atoms with Crippen LogP contribution in [0.15, 0.2) is 54.6 Å². The van der Waals surface area contributed by atoms with Crippen molar-refractivity contribution in [1.82, 2.24) is 5.32 Å². The molecule has 0 heterocycles. The Hall–Kier alpha value is -1.84. The van der Waals surface area contributed by atoms with E-state index in [4.69, 9.17) is 4.74 Å². The minimum absolute atomic E-state index is 0.381. The molecular weight excluding hydrogens is 274 g/mol. The molecule has 0 aliphatic heterocycles. The number of aliphatic hydroxyl groups is 1. The highest BCUT2D eigenvalue weighted by atomic mass is 16.5. The molecule has 2 rings (SSSR count). The number of hydrogen-bond donors (Lipinski definition) is 2. The molecule has 0 aliphatic rings. The van der Waals surface area contributed by atoms with E-state index in [2.05, 4.69) is 17.4 Å². The fourth-order valence-corrected chi connectivity index (χ4v) is 2.47. The van der Waals surface area contributed by atoms with E-state index < -0.39 is 6.10 Å². The minimum Gasteiger partial charge on any atom is -0.497 e. The fourth-order valence-electron chi connectivity index (χ4n) is 2.47. The van der Waals surface area contributed by atoms with E-state index in [1.54, 1.807) is 7.11 Å². The summed E-state index contributed by atoms with van der Waals surface area (Å²) in [5.41, 5.74) is 1.80.